The minimum absolute atomic E-state index is 0.00877. The Morgan fingerprint density at radius 3 is 2.45 bits per heavy atom. The number of aromatic nitrogens is 2. The van der Waals surface area contributed by atoms with Gasteiger partial charge in [0.2, 0.25) is 10.0 Å². The molecule has 0 aromatic carbocycles. The molecular formula is C13H23N3O3S. The Labute approximate surface area is 120 Å². The molecule has 20 heavy (non-hydrogen) atoms. The zero-order valence-corrected chi connectivity index (χ0v) is 13.6. The van der Waals surface area contributed by atoms with Crippen LogP contribution in [0.15, 0.2) is 4.90 Å². The molecule has 0 unspecified atom stereocenters. The molecule has 0 spiro atoms. The molecule has 0 N–H and O–H groups in total. The molecule has 1 aliphatic heterocycles. The van der Waals surface area contributed by atoms with E-state index in [4.69, 9.17) is 4.74 Å². The van der Waals surface area contributed by atoms with E-state index in [1.165, 1.54) is 4.31 Å². The molecule has 7 heteroatoms. The van der Waals surface area contributed by atoms with E-state index >= 15 is 0 Å². The van der Waals surface area contributed by atoms with Crippen LogP contribution in [0.3, 0.4) is 0 Å². The number of ether oxygens (including phenoxy) is 1. The number of aryl methyl sites for hydroxylation is 1. The summed E-state index contributed by atoms with van der Waals surface area (Å²) < 4.78 is 34.1. The van der Waals surface area contributed by atoms with E-state index in [1.54, 1.807) is 18.7 Å². The lowest BCUT2D eigenvalue weighted by Crippen LogP contribution is -2.30. The summed E-state index contributed by atoms with van der Waals surface area (Å²) in [5, 5.41) is 4.37. The lowest BCUT2D eigenvalue weighted by molar-refractivity contribution is 0.115. The van der Waals surface area contributed by atoms with Crippen molar-refractivity contribution in [1.29, 1.82) is 0 Å². The van der Waals surface area contributed by atoms with Gasteiger partial charge < -0.3 is 4.74 Å². The van der Waals surface area contributed by atoms with Crippen molar-refractivity contribution in [3.63, 3.8) is 0 Å². The van der Waals surface area contributed by atoms with Crippen molar-refractivity contribution in [2.75, 3.05) is 20.2 Å². The van der Waals surface area contributed by atoms with Crippen LogP contribution in [0.1, 0.15) is 37.7 Å². The minimum Gasteiger partial charge on any atom is -0.380 e. The monoisotopic (exact) mass is 301 g/mol. The van der Waals surface area contributed by atoms with Gasteiger partial charge in [0.05, 0.1) is 17.5 Å². The lowest BCUT2D eigenvalue weighted by Gasteiger charge is -2.17. The van der Waals surface area contributed by atoms with Crippen LogP contribution >= 0.6 is 0 Å². The Bertz CT molecular complexity index is 592. The van der Waals surface area contributed by atoms with Crippen LogP contribution < -0.4 is 0 Å². The summed E-state index contributed by atoms with van der Waals surface area (Å²) in [7, 11) is -1.87. The molecule has 6 nitrogen and oxygen atoms in total. The molecule has 1 atom stereocenters. The van der Waals surface area contributed by atoms with E-state index < -0.39 is 10.0 Å². The van der Waals surface area contributed by atoms with Crippen molar-refractivity contribution in [3.8, 4) is 0 Å². The third-order valence-corrected chi connectivity index (χ3v) is 5.90. The van der Waals surface area contributed by atoms with Crippen LogP contribution in [0.5, 0.6) is 0 Å². The number of nitrogens with zero attached hydrogens (tertiary/aromatic N) is 3. The van der Waals surface area contributed by atoms with Gasteiger partial charge in [-0.15, -0.1) is 0 Å². The normalized spacial score (nSPS) is 21.0. The number of rotatable bonds is 4. The van der Waals surface area contributed by atoms with E-state index in [9.17, 15) is 8.42 Å². The second-order valence-electron chi connectivity index (χ2n) is 5.55. The van der Waals surface area contributed by atoms with Gasteiger partial charge in [0.15, 0.2) is 0 Å². The summed E-state index contributed by atoms with van der Waals surface area (Å²) in [6.45, 7) is 8.48. The number of hydrogen-bond donors (Lipinski definition) is 0. The van der Waals surface area contributed by atoms with Crippen molar-refractivity contribution in [2.45, 2.75) is 51.2 Å². The first kappa shape index (κ1) is 15.5. The van der Waals surface area contributed by atoms with Crippen molar-refractivity contribution >= 4 is 10.0 Å². The lowest BCUT2D eigenvalue weighted by atomic mass is 10.3. The van der Waals surface area contributed by atoms with Gasteiger partial charge in [-0.25, -0.2) is 8.42 Å². The predicted molar refractivity (Wildman–Crippen MR) is 76.3 cm³/mol. The Hall–Kier alpha value is -0.920. The standard InChI is InChI=1S/C13H23N3O3S/c1-9(2)16-11(4)13(10(3)14-16)20(17,18)15-7-6-12(8-15)19-5/h9,12H,6-8H2,1-5H3/t12-/m1/s1. The van der Waals surface area contributed by atoms with Crippen LogP contribution in [-0.2, 0) is 14.8 Å². The highest BCUT2D eigenvalue weighted by Gasteiger charge is 2.36. The zero-order chi connectivity index (χ0) is 15.1. The first-order valence-corrected chi connectivity index (χ1v) is 8.31. The summed E-state index contributed by atoms with van der Waals surface area (Å²) >= 11 is 0. The highest BCUT2D eigenvalue weighted by molar-refractivity contribution is 7.89. The van der Waals surface area contributed by atoms with Crippen molar-refractivity contribution in [3.05, 3.63) is 11.4 Å². The second-order valence-corrected chi connectivity index (χ2v) is 7.42. The molecule has 1 saturated heterocycles. The Kier molecular flexibility index (Phi) is 4.22. The van der Waals surface area contributed by atoms with E-state index in [0.717, 1.165) is 6.42 Å². The number of sulfonamides is 1. The number of hydrogen-bond acceptors (Lipinski definition) is 4. The summed E-state index contributed by atoms with van der Waals surface area (Å²) in [6, 6.07) is 0.142. The Morgan fingerprint density at radius 1 is 1.35 bits per heavy atom. The first-order chi connectivity index (χ1) is 9.28. The van der Waals surface area contributed by atoms with Gasteiger partial charge in [-0.2, -0.15) is 9.40 Å². The molecule has 2 heterocycles. The zero-order valence-electron chi connectivity index (χ0n) is 12.8. The molecular weight excluding hydrogens is 278 g/mol. The molecule has 0 aliphatic carbocycles. The maximum absolute atomic E-state index is 12.8. The van der Waals surface area contributed by atoms with Crippen LogP contribution in [0, 0.1) is 13.8 Å². The summed E-state index contributed by atoms with van der Waals surface area (Å²) in [4.78, 5) is 0.350. The first-order valence-electron chi connectivity index (χ1n) is 6.87. The van der Waals surface area contributed by atoms with Gasteiger partial charge in [0.25, 0.3) is 0 Å². The highest BCUT2D eigenvalue weighted by atomic mass is 32.2. The van der Waals surface area contributed by atoms with Crippen molar-refractivity contribution in [2.24, 2.45) is 0 Å². The van der Waals surface area contributed by atoms with Gasteiger partial charge in [-0.3, -0.25) is 4.68 Å². The molecule has 1 fully saturated rings. The average molecular weight is 301 g/mol. The molecule has 0 amide bonds. The molecule has 0 bridgehead atoms. The maximum Gasteiger partial charge on any atom is 0.246 e. The predicted octanol–water partition coefficient (Wildman–Crippen LogP) is 1.49. The Balaban J connectivity index is 2.40. The average Bonchev–Trinajstić information content (AvgIpc) is 2.94. The van der Waals surface area contributed by atoms with Gasteiger partial charge in [-0.05, 0) is 34.1 Å². The summed E-state index contributed by atoms with van der Waals surface area (Å²) in [5.41, 5.74) is 1.27. The summed E-state index contributed by atoms with van der Waals surface area (Å²) in [6.07, 6.45) is 0.733. The second kappa shape index (κ2) is 5.46. The highest BCUT2D eigenvalue weighted by Crippen LogP contribution is 2.28. The Morgan fingerprint density at radius 2 is 2.00 bits per heavy atom. The third-order valence-electron chi connectivity index (χ3n) is 3.79. The van der Waals surface area contributed by atoms with Crippen molar-refractivity contribution in [1.82, 2.24) is 14.1 Å². The summed E-state index contributed by atoms with van der Waals surface area (Å²) in [5.74, 6) is 0. The topological polar surface area (TPSA) is 64.4 Å². The van der Waals surface area contributed by atoms with Gasteiger partial charge in [0.1, 0.15) is 4.90 Å². The largest absolute Gasteiger partial charge is 0.380 e. The molecule has 114 valence electrons. The van der Waals surface area contributed by atoms with E-state index in [2.05, 4.69) is 5.10 Å². The molecule has 1 aromatic heterocycles. The van der Waals surface area contributed by atoms with E-state index in [-0.39, 0.29) is 12.1 Å². The van der Waals surface area contributed by atoms with Crippen LogP contribution in [0.25, 0.3) is 0 Å². The van der Waals surface area contributed by atoms with Crippen LogP contribution in [0.2, 0.25) is 0 Å². The quantitative estimate of drug-likeness (QED) is 0.845. The number of methoxy groups -OCH3 is 1. The van der Waals surface area contributed by atoms with E-state index in [0.29, 0.717) is 29.4 Å². The maximum atomic E-state index is 12.8. The smallest absolute Gasteiger partial charge is 0.246 e. The fraction of sp³-hybridized carbons (Fsp3) is 0.769. The molecule has 2 rings (SSSR count). The van der Waals surface area contributed by atoms with Crippen LogP contribution in [0.4, 0.5) is 0 Å². The fourth-order valence-corrected chi connectivity index (χ4v) is 4.61. The van der Waals surface area contributed by atoms with Crippen molar-refractivity contribution < 1.29 is 13.2 Å². The van der Waals surface area contributed by atoms with Gasteiger partial charge >= 0.3 is 0 Å². The fourth-order valence-electron chi connectivity index (χ4n) is 2.76. The molecule has 0 radical (unpaired) electrons. The van der Waals surface area contributed by atoms with Gasteiger partial charge in [0, 0.05) is 26.2 Å². The molecule has 0 saturated carbocycles. The SMILES string of the molecule is CO[C@@H]1CCN(S(=O)(=O)c2c(C)nn(C(C)C)c2C)C1. The third kappa shape index (κ3) is 2.49. The minimum atomic E-state index is -3.49. The molecule has 1 aromatic rings. The van der Waals surface area contributed by atoms with E-state index in [1.807, 2.05) is 20.8 Å². The molecule has 1 aliphatic rings. The van der Waals surface area contributed by atoms with Crippen LogP contribution in [-0.4, -0.2) is 48.8 Å². The van der Waals surface area contributed by atoms with Gasteiger partial charge in [-0.1, -0.05) is 0 Å².